The average Bonchev–Trinajstić information content (AvgIpc) is 2.13. The molecule has 0 fully saturated rings. The number of benzene rings is 1. The highest BCUT2D eigenvalue weighted by atomic mass is 35.5. The van der Waals surface area contributed by atoms with Gasteiger partial charge >= 0.3 is 0 Å². The highest BCUT2D eigenvalue weighted by molar-refractivity contribution is 6.30. The highest BCUT2D eigenvalue weighted by Crippen LogP contribution is 2.27. The molecule has 0 aliphatic rings. The van der Waals surface area contributed by atoms with Crippen LogP contribution in [0.5, 0.6) is 0 Å². The van der Waals surface area contributed by atoms with E-state index in [0.717, 1.165) is 11.6 Å². The van der Waals surface area contributed by atoms with E-state index in [1.165, 1.54) is 6.07 Å². The Kier molecular flexibility index (Phi) is 2.35. The number of nitrogens with zero attached hydrogens (tertiary/aromatic N) is 1. The van der Waals surface area contributed by atoms with E-state index in [1.807, 2.05) is 0 Å². The van der Waals surface area contributed by atoms with Gasteiger partial charge in [-0.25, -0.2) is 13.8 Å². The summed E-state index contributed by atoms with van der Waals surface area (Å²) >= 11 is 5.84. The second-order valence-corrected chi connectivity index (χ2v) is 3.79. The van der Waals surface area contributed by atoms with Gasteiger partial charge in [-0.2, -0.15) is 0 Å². The van der Waals surface area contributed by atoms with Crippen LogP contribution in [0.1, 0.15) is 11.1 Å². The standard InChI is InChI=1S/C11H8ClF2N/c1-5-6(2)11(12)15-9-4-7(13)3-8(14)10(5)9/h3-4H,1-2H3. The first-order valence-corrected chi connectivity index (χ1v) is 4.80. The first kappa shape index (κ1) is 10.3. The highest BCUT2D eigenvalue weighted by Gasteiger charge is 2.12. The van der Waals surface area contributed by atoms with Crippen molar-refractivity contribution in [3.05, 3.63) is 40.0 Å². The molecule has 1 aromatic heterocycles. The second-order valence-electron chi connectivity index (χ2n) is 3.43. The molecule has 1 heterocycles. The Bertz CT molecular complexity index is 552. The smallest absolute Gasteiger partial charge is 0.135 e. The van der Waals surface area contributed by atoms with Crippen LogP contribution in [0.25, 0.3) is 10.9 Å². The molecule has 0 aliphatic heterocycles. The molecule has 0 bridgehead atoms. The van der Waals surface area contributed by atoms with Crippen LogP contribution in [0.2, 0.25) is 5.15 Å². The van der Waals surface area contributed by atoms with Crippen molar-refractivity contribution in [1.82, 2.24) is 4.98 Å². The molecular weight excluding hydrogens is 220 g/mol. The quantitative estimate of drug-likeness (QED) is 0.624. The SMILES string of the molecule is Cc1c(Cl)nc2cc(F)cc(F)c2c1C. The van der Waals surface area contributed by atoms with Crippen molar-refractivity contribution < 1.29 is 8.78 Å². The molecular formula is C11H8ClF2N. The topological polar surface area (TPSA) is 12.9 Å². The first-order valence-electron chi connectivity index (χ1n) is 4.42. The minimum atomic E-state index is -0.646. The van der Waals surface area contributed by atoms with E-state index in [0.29, 0.717) is 10.9 Å². The molecule has 78 valence electrons. The molecule has 0 saturated carbocycles. The van der Waals surface area contributed by atoms with Crippen LogP contribution in [-0.4, -0.2) is 4.98 Å². The molecule has 0 radical (unpaired) electrons. The molecule has 15 heavy (non-hydrogen) atoms. The number of halogens is 3. The van der Waals surface area contributed by atoms with E-state index in [2.05, 4.69) is 4.98 Å². The monoisotopic (exact) mass is 227 g/mol. The van der Waals surface area contributed by atoms with Crippen molar-refractivity contribution in [2.24, 2.45) is 0 Å². The van der Waals surface area contributed by atoms with E-state index in [1.54, 1.807) is 13.8 Å². The Morgan fingerprint density at radius 1 is 1.13 bits per heavy atom. The van der Waals surface area contributed by atoms with Gasteiger partial charge in [-0.15, -0.1) is 0 Å². The molecule has 4 heteroatoms. The van der Waals surface area contributed by atoms with Crippen LogP contribution in [0.3, 0.4) is 0 Å². The fraction of sp³-hybridized carbons (Fsp3) is 0.182. The molecule has 0 saturated heterocycles. The summed E-state index contributed by atoms with van der Waals surface area (Å²) < 4.78 is 26.4. The molecule has 1 nitrogen and oxygen atoms in total. The van der Waals surface area contributed by atoms with Crippen molar-refractivity contribution in [3.8, 4) is 0 Å². The zero-order valence-corrected chi connectivity index (χ0v) is 8.99. The number of rotatable bonds is 0. The number of hydrogen-bond acceptors (Lipinski definition) is 1. The molecule has 0 amide bonds. The zero-order chi connectivity index (χ0) is 11.2. The third-order valence-electron chi connectivity index (χ3n) is 2.50. The Hall–Kier alpha value is -1.22. The summed E-state index contributed by atoms with van der Waals surface area (Å²) in [5, 5.41) is 0.614. The number of pyridine rings is 1. The van der Waals surface area contributed by atoms with Gasteiger partial charge in [0.2, 0.25) is 0 Å². The maximum absolute atomic E-state index is 13.5. The van der Waals surface area contributed by atoms with Crippen LogP contribution >= 0.6 is 11.6 Å². The summed E-state index contributed by atoms with van der Waals surface area (Å²) in [6.45, 7) is 3.50. The number of aromatic nitrogens is 1. The van der Waals surface area contributed by atoms with Gasteiger partial charge in [0.25, 0.3) is 0 Å². The van der Waals surface area contributed by atoms with E-state index >= 15 is 0 Å². The Balaban J connectivity index is 2.99. The van der Waals surface area contributed by atoms with Crippen LogP contribution in [-0.2, 0) is 0 Å². The third-order valence-corrected chi connectivity index (χ3v) is 2.87. The van der Waals surface area contributed by atoms with Gasteiger partial charge in [0.1, 0.15) is 16.8 Å². The second kappa shape index (κ2) is 3.42. The van der Waals surface area contributed by atoms with Crippen LogP contribution < -0.4 is 0 Å². The lowest BCUT2D eigenvalue weighted by Gasteiger charge is -2.08. The summed E-state index contributed by atoms with van der Waals surface area (Å²) in [6.07, 6.45) is 0. The minimum Gasteiger partial charge on any atom is -0.236 e. The van der Waals surface area contributed by atoms with Crippen molar-refractivity contribution in [2.75, 3.05) is 0 Å². The summed E-state index contributed by atoms with van der Waals surface area (Å²) in [7, 11) is 0. The van der Waals surface area contributed by atoms with Gasteiger partial charge in [-0.05, 0) is 25.0 Å². The van der Waals surface area contributed by atoms with E-state index in [9.17, 15) is 8.78 Å². The maximum Gasteiger partial charge on any atom is 0.135 e. The van der Waals surface area contributed by atoms with Crippen molar-refractivity contribution in [3.63, 3.8) is 0 Å². The van der Waals surface area contributed by atoms with Gasteiger partial charge in [-0.1, -0.05) is 11.6 Å². The fourth-order valence-corrected chi connectivity index (χ4v) is 1.78. The van der Waals surface area contributed by atoms with Crippen molar-refractivity contribution in [2.45, 2.75) is 13.8 Å². The predicted molar refractivity (Wildman–Crippen MR) is 56.1 cm³/mol. The van der Waals surface area contributed by atoms with E-state index in [4.69, 9.17) is 11.6 Å². The van der Waals surface area contributed by atoms with E-state index < -0.39 is 11.6 Å². The first-order chi connectivity index (χ1) is 7.00. The Morgan fingerprint density at radius 2 is 1.80 bits per heavy atom. The molecule has 1 aromatic carbocycles. The Labute approximate surface area is 90.7 Å². The molecule has 2 rings (SSSR count). The predicted octanol–water partition coefficient (Wildman–Crippen LogP) is 3.78. The normalized spacial score (nSPS) is 11.0. The lowest BCUT2D eigenvalue weighted by Crippen LogP contribution is -1.94. The minimum absolute atomic E-state index is 0.251. The van der Waals surface area contributed by atoms with Crippen LogP contribution in [0, 0.1) is 25.5 Å². The maximum atomic E-state index is 13.5. The summed E-state index contributed by atoms with van der Waals surface area (Å²) in [4.78, 5) is 3.94. The largest absolute Gasteiger partial charge is 0.236 e. The van der Waals surface area contributed by atoms with Crippen LogP contribution in [0.15, 0.2) is 12.1 Å². The van der Waals surface area contributed by atoms with E-state index in [-0.39, 0.29) is 10.7 Å². The molecule has 0 unspecified atom stereocenters. The van der Waals surface area contributed by atoms with Gasteiger partial charge in [0, 0.05) is 17.5 Å². The summed E-state index contributed by atoms with van der Waals surface area (Å²) in [5.41, 5.74) is 1.66. The van der Waals surface area contributed by atoms with Crippen LogP contribution in [0.4, 0.5) is 8.78 Å². The number of hydrogen-bond donors (Lipinski definition) is 0. The number of fused-ring (bicyclic) bond motifs is 1. The van der Waals surface area contributed by atoms with Gasteiger partial charge in [-0.3, -0.25) is 0 Å². The van der Waals surface area contributed by atoms with Crippen molar-refractivity contribution >= 4 is 22.5 Å². The zero-order valence-electron chi connectivity index (χ0n) is 8.24. The average molecular weight is 228 g/mol. The molecule has 0 atom stereocenters. The van der Waals surface area contributed by atoms with Crippen molar-refractivity contribution in [1.29, 1.82) is 0 Å². The fourth-order valence-electron chi connectivity index (χ4n) is 1.55. The molecule has 0 aliphatic carbocycles. The number of aryl methyl sites for hydroxylation is 1. The molecule has 0 spiro atoms. The Morgan fingerprint density at radius 3 is 2.47 bits per heavy atom. The van der Waals surface area contributed by atoms with Gasteiger partial charge in [0.15, 0.2) is 0 Å². The lowest BCUT2D eigenvalue weighted by atomic mass is 10.1. The lowest BCUT2D eigenvalue weighted by molar-refractivity contribution is 0.591. The third kappa shape index (κ3) is 1.57. The summed E-state index contributed by atoms with van der Waals surface area (Å²) in [5.74, 6) is -1.25. The summed E-state index contributed by atoms with van der Waals surface area (Å²) in [6, 6.07) is 2.03. The molecule has 2 aromatic rings. The molecule has 0 N–H and O–H groups in total. The van der Waals surface area contributed by atoms with Gasteiger partial charge in [0.05, 0.1) is 5.52 Å². The van der Waals surface area contributed by atoms with Gasteiger partial charge < -0.3 is 0 Å².